The molecule has 3 N–H and O–H groups in total. The van der Waals surface area contributed by atoms with Crippen molar-refractivity contribution in [2.24, 2.45) is 0 Å². The SMILES string of the molecule is CC(C)(C)OC(=O)N1CCc2c(-c3cc(Cl)c(O)cc3O)n[nH]c2C1. The maximum absolute atomic E-state index is 12.2. The van der Waals surface area contributed by atoms with Crippen LogP contribution in [0.3, 0.4) is 0 Å². The van der Waals surface area contributed by atoms with Gasteiger partial charge in [-0.15, -0.1) is 0 Å². The highest BCUT2D eigenvalue weighted by Crippen LogP contribution is 2.39. The van der Waals surface area contributed by atoms with Crippen molar-refractivity contribution in [2.75, 3.05) is 6.54 Å². The number of nitrogens with zero attached hydrogens (tertiary/aromatic N) is 2. The minimum atomic E-state index is -0.551. The molecule has 2 aromatic rings. The van der Waals surface area contributed by atoms with Gasteiger partial charge in [-0.3, -0.25) is 5.10 Å². The Kier molecular flexibility index (Phi) is 4.28. The second-order valence-electron chi connectivity index (χ2n) is 7.00. The summed E-state index contributed by atoms with van der Waals surface area (Å²) in [6.07, 6.45) is 0.197. The van der Waals surface area contributed by atoms with Crippen LogP contribution in [0.15, 0.2) is 12.1 Å². The predicted molar refractivity (Wildman–Crippen MR) is 92.7 cm³/mol. The molecule has 134 valence electrons. The van der Waals surface area contributed by atoms with Gasteiger partial charge in [-0.05, 0) is 33.3 Å². The lowest BCUT2D eigenvalue weighted by Crippen LogP contribution is -2.39. The number of hydrogen-bond donors (Lipinski definition) is 3. The van der Waals surface area contributed by atoms with E-state index in [-0.39, 0.29) is 22.6 Å². The Labute approximate surface area is 150 Å². The van der Waals surface area contributed by atoms with Crippen LogP contribution < -0.4 is 0 Å². The molecular weight excluding hydrogens is 346 g/mol. The molecule has 0 atom stereocenters. The number of amides is 1. The van der Waals surface area contributed by atoms with Gasteiger partial charge in [0.2, 0.25) is 0 Å². The molecule has 25 heavy (non-hydrogen) atoms. The van der Waals surface area contributed by atoms with E-state index in [1.54, 1.807) is 4.90 Å². The van der Waals surface area contributed by atoms with E-state index in [1.807, 2.05) is 20.8 Å². The van der Waals surface area contributed by atoms with Gasteiger partial charge in [0.15, 0.2) is 0 Å². The fourth-order valence-corrected chi connectivity index (χ4v) is 2.93. The quantitative estimate of drug-likeness (QED) is 0.719. The molecule has 0 saturated heterocycles. The predicted octanol–water partition coefficient (Wildman–Crippen LogP) is 3.43. The minimum absolute atomic E-state index is 0.106. The Morgan fingerprint density at radius 1 is 1.32 bits per heavy atom. The van der Waals surface area contributed by atoms with Gasteiger partial charge in [-0.25, -0.2) is 4.79 Å². The van der Waals surface area contributed by atoms with Crippen LogP contribution in [0.5, 0.6) is 11.5 Å². The number of carbonyl (C=O) groups is 1. The fraction of sp³-hybridized carbons (Fsp3) is 0.412. The third kappa shape index (κ3) is 3.51. The summed E-state index contributed by atoms with van der Waals surface area (Å²) in [4.78, 5) is 13.8. The number of phenolic OH excluding ortho intramolecular Hbond substituents is 2. The largest absolute Gasteiger partial charge is 0.507 e. The topological polar surface area (TPSA) is 98.7 Å². The van der Waals surface area contributed by atoms with Gasteiger partial charge in [-0.1, -0.05) is 11.6 Å². The molecule has 1 aliphatic heterocycles. The van der Waals surface area contributed by atoms with Crippen LogP contribution >= 0.6 is 11.6 Å². The summed E-state index contributed by atoms with van der Waals surface area (Å²) in [6, 6.07) is 2.66. The molecule has 0 spiro atoms. The van der Waals surface area contributed by atoms with Crippen LogP contribution in [-0.2, 0) is 17.7 Å². The highest BCUT2D eigenvalue weighted by Gasteiger charge is 2.29. The lowest BCUT2D eigenvalue weighted by atomic mass is 9.99. The van der Waals surface area contributed by atoms with Crippen LogP contribution in [0.1, 0.15) is 32.0 Å². The number of H-pyrrole nitrogens is 1. The van der Waals surface area contributed by atoms with E-state index in [0.29, 0.717) is 30.8 Å². The average molecular weight is 366 g/mol. The molecule has 8 heteroatoms. The summed E-state index contributed by atoms with van der Waals surface area (Å²) >= 11 is 5.94. The Balaban J connectivity index is 1.86. The molecule has 7 nitrogen and oxygen atoms in total. The molecule has 2 heterocycles. The molecule has 0 aliphatic carbocycles. The van der Waals surface area contributed by atoms with E-state index in [2.05, 4.69) is 10.2 Å². The first kappa shape index (κ1) is 17.4. The number of halogens is 1. The smallest absolute Gasteiger partial charge is 0.410 e. The molecule has 1 amide bonds. The lowest BCUT2D eigenvalue weighted by Gasteiger charge is -2.29. The standard InChI is InChI=1S/C17H20ClN3O4/c1-17(2,3)25-16(24)21-5-4-9-12(8-21)19-20-15(9)10-6-11(18)14(23)7-13(10)22/h6-7,22-23H,4-5,8H2,1-3H3,(H,19,20). The van der Waals surface area contributed by atoms with Gasteiger partial charge >= 0.3 is 6.09 Å². The van der Waals surface area contributed by atoms with E-state index in [1.165, 1.54) is 12.1 Å². The summed E-state index contributed by atoms with van der Waals surface area (Å²) in [6.45, 7) is 6.31. The van der Waals surface area contributed by atoms with Gasteiger partial charge in [-0.2, -0.15) is 5.10 Å². The normalized spacial score (nSPS) is 14.3. The molecular formula is C17H20ClN3O4. The highest BCUT2D eigenvalue weighted by atomic mass is 35.5. The maximum atomic E-state index is 12.2. The molecule has 0 radical (unpaired) electrons. The second-order valence-corrected chi connectivity index (χ2v) is 7.41. The summed E-state index contributed by atoms with van der Waals surface area (Å²) in [5.74, 6) is -0.297. The van der Waals surface area contributed by atoms with Crippen LogP contribution in [0, 0.1) is 0 Å². The van der Waals surface area contributed by atoms with Crippen molar-refractivity contribution in [2.45, 2.75) is 39.3 Å². The van der Waals surface area contributed by atoms with Gasteiger partial charge < -0.3 is 19.8 Å². The third-order valence-electron chi connectivity index (χ3n) is 3.91. The number of hydrogen-bond acceptors (Lipinski definition) is 5. The molecule has 1 aliphatic rings. The summed E-state index contributed by atoms with van der Waals surface area (Å²) in [7, 11) is 0. The van der Waals surface area contributed by atoms with E-state index in [4.69, 9.17) is 16.3 Å². The minimum Gasteiger partial charge on any atom is -0.507 e. The van der Waals surface area contributed by atoms with Gasteiger partial charge in [0.25, 0.3) is 0 Å². The number of rotatable bonds is 1. The van der Waals surface area contributed by atoms with Crippen LogP contribution in [-0.4, -0.2) is 43.5 Å². The van der Waals surface area contributed by atoms with Gasteiger partial charge in [0.1, 0.15) is 17.1 Å². The molecule has 1 aromatic carbocycles. The van der Waals surface area contributed by atoms with Crippen molar-refractivity contribution in [1.29, 1.82) is 0 Å². The number of fused-ring (bicyclic) bond motifs is 1. The van der Waals surface area contributed by atoms with Crippen LogP contribution in [0.4, 0.5) is 4.79 Å². The number of nitrogens with one attached hydrogen (secondary N) is 1. The fourth-order valence-electron chi connectivity index (χ4n) is 2.76. The zero-order chi connectivity index (χ0) is 18.4. The van der Waals surface area contributed by atoms with Crippen molar-refractivity contribution < 1.29 is 19.7 Å². The van der Waals surface area contributed by atoms with Gasteiger partial charge in [0.05, 0.1) is 23.0 Å². The maximum Gasteiger partial charge on any atom is 0.410 e. The number of aromatic hydroxyl groups is 2. The second kappa shape index (κ2) is 6.15. The monoisotopic (exact) mass is 365 g/mol. The van der Waals surface area contributed by atoms with E-state index in [0.717, 1.165) is 11.3 Å². The molecule has 0 bridgehead atoms. The number of aromatic amines is 1. The Morgan fingerprint density at radius 2 is 2.04 bits per heavy atom. The Hall–Kier alpha value is -2.41. The van der Waals surface area contributed by atoms with Gasteiger partial charge in [0, 0.05) is 23.7 Å². The molecule has 0 fully saturated rings. The first-order valence-corrected chi connectivity index (χ1v) is 8.29. The number of benzene rings is 1. The van der Waals surface area contributed by atoms with Crippen molar-refractivity contribution in [1.82, 2.24) is 15.1 Å². The molecule has 3 rings (SSSR count). The summed E-state index contributed by atoms with van der Waals surface area (Å²) in [5.41, 5.74) is 2.15. The van der Waals surface area contributed by atoms with Crippen molar-refractivity contribution in [3.05, 3.63) is 28.4 Å². The first-order chi connectivity index (χ1) is 11.7. The van der Waals surface area contributed by atoms with Crippen molar-refractivity contribution in [3.8, 4) is 22.8 Å². The number of carbonyl (C=O) groups excluding carboxylic acids is 1. The average Bonchev–Trinajstić information content (AvgIpc) is 2.92. The summed E-state index contributed by atoms with van der Waals surface area (Å²) < 4.78 is 5.40. The number of phenols is 2. The lowest BCUT2D eigenvalue weighted by molar-refractivity contribution is 0.0221. The molecule has 1 aromatic heterocycles. The zero-order valence-corrected chi connectivity index (χ0v) is 15.0. The van der Waals surface area contributed by atoms with Crippen LogP contribution in [0.2, 0.25) is 5.02 Å². The zero-order valence-electron chi connectivity index (χ0n) is 14.3. The molecule has 0 unspecified atom stereocenters. The van der Waals surface area contributed by atoms with Crippen LogP contribution in [0.25, 0.3) is 11.3 Å². The van der Waals surface area contributed by atoms with Crippen molar-refractivity contribution >= 4 is 17.7 Å². The van der Waals surface area contributed by atoms with E-state index < -0.39 is 5.60 Å². The molecule has 0 saturated carbocycles. The summed E-state index contributed by atoms with van der Waals surface area (Å²) in [5, 5.41) is 27.0. The van der Waals surface area contributed by atoms with Crippen molar-refractivity contribution in [3.63, 3.8) is 0 Å². The highest BCUT2D eigenvalue weighted by molar-refractivity contribution is 6.32. The first-order valence-electron chi connectivity index (χ1n) is 7.91. The number of aromatic nitrogens is 2. The van der Waals surface area contributed by atoms with E-state index >= 15 is 0 Å². The Bertz CT molecular complexity index is 826. The Morgan fingerprint density at radius 3 is 2.72 bits per heavy atom. The number of ether oxygens (including phenoxy) is 1. The third-order valence-corrected chi connectivity index (χ3v) is 4.21. The van der Waals surface area contributed by atoms with E-state index in [9.17, 15) is 15.0 Å².